The number of benzene rings is 9. The van der Waals surface area contributed by atoms with Gasteiger partial charge in [-0.15, -0.1) is 0 Å². The molecular formula is C66H38N6S. The first-order valence-electron chi connectivity index (χ1n) is 24.6. The highest BCUT2D eigenvalue weighted by molar-refractivity contribution is 7.99. The molecule has 2 aliphatic rings. The van der Waals surface area contributed by atoms with Gasteiger partial charge in [0.15, 0.2) is 0 Å². The Kier molecular flexibility index (Phi) is 8.28. The fourth-order valence-corrected chi connectivity index (χ4v) is 13.8. The first-order chi connectivity index (χ1) is 36.2. The molecule has 0 N–H and O–H groups in total. The monoisotopic (exact) mass is 946 g/mol. The van der Waals surface area contributed by atoms with Gasteiger partial charge in [0.05, 0.1) is 61.5 Å². The van der Waals surface area contributed by atoms with Crippen molar-refractivity contribution in [3.05, 3.63) is 259 Å². The third kappa shape index (κ3) is 5.47. The van der Waals surface area contributed by atoms with Crippen molar-refractivity contribution >= 4 is 77.2 Å². The molecule has 0 atom stereocenters. The zero-order chi connectivity index (χ0) is 47.9. The fourth-order valence-electron chi connectivity index (χ4n) is 12.6. The summed E-state index contributed by atoms with van der Waals surface area (Å²) < 4.78 is 7.13. The predicted molar refractivity (Wildman–Crippen MR) is 297 cm³/mol. The molecule has 0 saturated carbocycles. The van der Waals surface area contributed by atoms with Gasteiger partial charge in [-0.2, -0.15) is 5.26 Å². The van der Waals surface area contributed by atoms with Gasteiger partial charge < -0.3 is 13.7 Å². The molecule has 7 heteroatoms. The van der Waals surface area contributed by atoms with Gasteiger partial charge in [0.1, 0.15) is 0 Å². The number of aromatic nitrogens is 5. The standard InChI is InChI=1S/C66H38N6S/c67-39-40-21-29-60-50(35-40)48-13-3-8-20-59(48)72(60)45-28-32-63-55(38-45)66(52-15-9-33-68-64(52)65-53(66)16-10-34-69-65)54-37-42(23-31-62(54)73-63)41-22-30-61-51(36-41)49-14-4-7-19-58(49)71(61)44-26-24-43(25-27-44)70-56-17-5-1-11-46(56)47-12-2-6-18-57(47)70/h1-38H. The van der Waals surface area contributed by atoms with Crippen LogP contribution in [0, 0.1) is 11.3 Å². The summed E-state index contributed by atoms with van der Waals surface area (Å²) in [6.07, 6.45) is 3.78. The lowest BCUT2D eigenvalue weighted by molar-refractivity contribution is 0.718. The van der Waals surface area contributed by atoms with E-state index >= 15 is 0 Å². The van der Waals surface area contributed by atoms with Gasteiger partial charge in [-0.25, -0.2) is 0 Å². The number of nitriles is 1. The van der Waals surface area contributed by atoms with Gasteiger partial charge >= 0.3 is 0 Å². The molecule has 5 aromatic heterocycles. The van der Waals surface area contributed by atoms with Crippen molar-refractivity contribution in [2.45, 2.75) is 15.2 Å². The molecule has 6 heterocycles. The minimum atomic E-state index is -0.715. The highest BCUT2D eigenvalue weighted by Gasteiger charge is 2.52. The normalized spacial score (nSPS) is 13.2. The molecule has 0 fully saturated rings. The zero-order valence-corrected chi connectivity index (χ0v) is 39.8. The van der Waals surface area contributed by atoms with Crippen LogP contribution >= 0.6 is 11.8 Å². The van der Waals surface area contributed by atoms with Gasteiger partial charge in [-0.05, 0) is 155 Å². The Morgan fingerprint density at radius 3 is 1.34 bits per heavy atom. The third-order valence-electron chi connectivity index (χ3n) is 15.6. The number of fused-ring (bicyclic) bond motifs is 18. The number of para-hydroxylation sites is 4. The maximum atomic E-state index is 9.92. The van der Waals surface area contributed by atoms with Gasteiger partial charge in [-0.1, -0.05) is 109 Å². The van der Waals surface area contributed by atoms with Crippen molar-refractivity contribution in [3.63, 3.8) is 0 Å². The molecule has 6 nitrogen and oxygen atoms in total. The zero-order valence-electron chi connectivity index (χ0n) is 39.0. The average Bonchev–Trinajstić information content (AvgIpc) is 4.17. The van der Waals surface area contributed by atoms with Crippen molar-refractivity contribution in [2.24, 2.45) is 0 Å². The maximum Gasteiger partial charge on any atom is 0.0991 e. The van der Waals surface area contributed by atoms with Crippen molar-refractivity contribution in [1.29, 1.82) is 5.26 Å². The number of hydrogen-bond acceptors (Lipinski definition) is 4. The first kappa shape index (κ1) is 40.3. The average molecular weight is 947 g/mol. The fraction of sp³-hybridized carbons (Fsp3) is 0.0152. The summed E-state index contributed by atoms with van der Waals surface area (Å²) in [4.78, 5) is 12.6. The largest absolute Gasteiger partial charge is 0.309 e. The van der Waals surface area contributed by atoms with E-state index in [1.807, 2.05) is 36.3 Å². The van der Waals surface area contributed by atoms with Gasteiger partial charge in [0.25, 0.3) is 0 Å². The van der Waals surface area contributed by atoms with E-state index in [9.17, 15) is 5.26 Å². The van der Waals surface area contributed by atoms with E-state index in [0.717, 1.165) is 78.0 Å². The minimum absolute atomic E-state index is 0.648. The molecule has 0 radical (unpaired) electrons. The smallest absolute Gasteiger partial charge is 0.0991 e. The van der Waals surface area contributed by atoms with Crippen LogP contribution in [0.4, 0.5) is 0 Å². The Morgan fingerprint density at radius 2 is 0.781 bits per heavy atom. The van der Waals surface area contributed by atoms with E-state index in [0.29, 0.717) is 5.56 Å². The Bertz CT molecular complexity index is 4640. The molecule has 73 heavy (non-hydrogen) atoms. The Morgan fingerprint density at radius 1 is 0.356 bits per heavy atom. The molecule has 9 aromatic carbocycles. The highest BCUT2D eigenvalue weighted by Crippen LogP contribution is 2.62. The molecule has 14 aromatic rings. The number of rotatable bonds is 4. The van der Waals surface area contributed by atoms with E-state index in [4.69, 9.17) is 9.97 Å². The molecule has 1 aliphatic carbocycles. The number of nitrogens with zero attached hydrogens (tertiary/aromatic N) is 6. The second-order valence-electron chi connectivity index (χ2n) is 19.2. The van der Waals surface area contributed by atoms with Crippen molar-refractivity contribution < 1.29 is 0 Å². The van der Waals surface area contributed by atoms with E-state index in [-0.39, 0.29) is 0 Å². The van der Waals surface area contributed by atoms with Crippen LogP contribution in [-0.2, 0) is 5.41 Å². The van der Waals surface area contributed by atoms with Crippen molar-refractivity contribution in [2.75, 3.05) is 0 Å². The maximum absolute atomic E-state index is 9.92. The van der Waals surface area contributed by atoms with Gasteiger partial charge in [0, 0.05) is 71.6 Å². The SMILES string of the molecule is N#Cc1ccc2c(c1)c1ccccc1n2-c1ccc2c(c1)C1(c3cc(-c4ccc5c(c4)c4ccccc4n5-c4ccc(-n5c6ccccc6c6ccccc65)cc4)ccc3S2)c2cccnc2-c2ncccc21. The van der Waals surface area contributed by atoms with Crippen LogP contribution in [0.1, 0.15) is 27.8 Å². The Hall–Kier alpha value is -9.48. The van der Waals surface area contributed by atoms with Crippen LogP contribution in [-0.4, -0.2) is 23.7 Å². The summed E-state index contributed by atoms with van der Waals surface area (Å²) in [6.45, 7) is 0. The van der Waals surface area contributed by atoms with Crippen LogP contribution in [0.5, 0.6) is 0 Å². The van der Waals surface area contributed by atoms with E-state index in [2.05, 4.69) is 226 Å². The van der Waals surface area contributed by atoms with E-state index in [1.165, 1.54) is 59.0 Å². The molecule has 0 unspecified atom stereocenters. The summed E-state index contributed by atoms with van der Waals surface area (Å²) in [5.74, 6) is 0. The molecular weight excluding hydrogens is 909 g/mol. The van der Waals surface area contributed by atoms with Crippen molar-refractivity contribution in [1.82, 2.24) is 23.7 Å². The molecule has 0 bridgehead atoms. The third-order valence-corrected chi connectivity index (χ3v) is 16.8. The lowest BCUT2D eigenvalue weighted by Crippen LogP contribution is -2.32. The van der Waals surface area contributed by atoms with Crippen LogP contribution in [0.15, 0.2) is 241 Å². The molecule has 338 valence electrons. The van der Waals surface area contributed by atoms with Crippen LogP contribution in [0.25, 0.3) is 105 Å². The molecule has 0 saturated heterocycles. The predicted octanol–water partition coefficient (Wildman–Crippen LogP) is 16.1. The first-order valence-corrected chi connectivity index (χ1v) is 25.4. The molecule has 0 amide bonds. The summed E-state index contributed by atoms with van der Waals surface area (Å²) in [5, 5.41) is 17.0. The Labute approximate surface area is 423 Å². The van der Waals surface area contributed by atoms with E-state index < -0.39 is 5.41 Å². The molecule has 1 spiro atoms. The van der Waals surface area contributed by atoms with E-state index in [1.54, 1.807) is 0 Å². The molecule has 16 rings (SSSR count). The topological polar surface area (TPSA) is 64.4 Å². The summed E-state index contributed by atoms with van der Waals surface area (Å²) >= 11 is 1.83. The minimum Gasteiger partial charge on any atom is -0.309 e. The van der Waals surface area contributed by atoms with Crippen molar-refractivity contribution in [3.8, 4) is 45.6 Å². The van der Waals surface area contributed by atoms with Gasteiger partial charge in [0.2, 0.25) is 0 Å². The van der Waals surface area contributed by atoms with Gasteiger partial charge in [-0.3, -0.25) is 9.97 Å². The number of hydrogen-bond donors (Lipinski definition) is 0. The summed E-state index contributed by atoms with van der Waals surface area (Å²) in [6, 6.07) is 81.7. The van der Waals surface area contributed by atoms with Crippen LogP contribution < -0.4 is 0 Å². The summed E-state index contributed by atoms with van der Waals surface area (Å²) in [7, 11) is 0. The van der Waals surface area contributed by atoms with Crippen LogP contribution in [0.3, 0.4) is 0 Å². The highest BCUT2D eigenvalue weighted by atomic mass is 32.2. The molecule has 1 aliphatic heterocycles. The number of pyridine rings is 2. The quantitative estimate of drug-likeness (QED) is 0.176. The van der Waals surface area contributed by atoms with Crippen LogP contribution in [0.2, 0.25) is 0 Å². The lowest BCUT2D eigenvalue weighted by Gasteiger charge is -2.39. The lowest BCUT2D eigenvalue weighted by atomic mass is 9.67. The summed E-state index contributed by atoms with van der Waals surface area (Å²) in [5.41, 5.74) is 18.9. The Balaban J connectivity index is 0.871. The second-order valence-corrected chi connectivity index (χ2v) is 20.3. The second kappa shape index (κ2) is 15.0.